The van der Waals surface area contributed by atoms with Gasteiger partial charge in [0.2, 0.25) is 0 Å². The van der Waals surface area contributed by atoms with Gasteiger partial charge in [0.15, 0.2) is 0 Å². The molecule has 2 rings (SSSR count). The topological polar surface area (TPSA) is 13.1 Å². The number of hydrogen-bond acceptors (Lipinski definition) is 2. The number of furan rings is 1. The van der Waals surface area contributed by atoms with Crippen LogP contribution in [0.4, 0.5) is 0 Å². The highest BCUT2D eigenvalue weighted by atomic mass is 35.5. The molecule has 84 valence electrons. The summed E-state index contributed by atoms with van der Waals surface area (Å²) < 4.78 is 5.53. The quantitative estimate of drug-likeness (QED) is 0.690. The summed E-state index contributed by atoms with van der Waals surface area (Å²) in [6.45, 7) is 1.90. The van der Waals surface area contributed by atoms with Crippen LogP contribution in [0.2, 0.25) is 10.0 Å². The highest BCUT2D eigenvalue weighted by molar-refractivity contribution is 7.98. The molecule has 0 bridgehead atoms. The lowest BCUT2D eigenvalue weighted by molar-refractivity contribution is 0.548. The molecule has 0 aliphatic carbocycles. The summed E-state index contributed by atoms with van der Waals surface area (Å²) in [4.78, 5) is 0.971. The Hall–Kier alpha value is -0.570. The molecule has 16 heavy (non-hydrogen) atoms. The van der Waals surface area contributed by atoms with Crippen LogP contribution in [0.3, 0.4) is 0 Å². The van der Waals surface area contributed by atoms with Gasteiger partial charge in [0.1, 0.15) is 11.5 Å². The van der Waals surface area contributed by atoms with Crippen LogP contribution < -0.4 is 0 Å². The van der Waals surface area contributed by atoms with Crippen LogP contribution in [0, 0.1) is 6.92 Å². The molecule has 1 heterocycles. The maximum absolute atomic E-state index is 6.19. The van der Waals surface area contributed by atoms with Crippen molar-refractivity contribution in [2.75, 3.05) is 6.26 Å². The number of hydrogen-bond donors (Lipinski definition) is 0. The maximum Gasteiger partial charge on any atom is 0.135 e. The van der Waals surface area contributed by atoms with Gasteiger partial charge in [-0.05, 0) is 37.4 Å². The smallest absolute Gasteiger partial charge is 0.135 e. The van der Waals surface area contributed by atoms with E-state index in [1.807, 2.05) is 37.4 Å². The fourth-order valence-electron chi connectivity index (χ4n) is 1.45. The van der Waals surface area contributed by atoms with Gasteiger partial charge in [-0.25, -0.2) is 0 Å². The van der Waals surface area contributed by atoms with Gasteiger partial charge in [-0.1, -0.05) is 23.2 Å². The second-order valence-electron chi connectivity index (χ2n) is 3.38. The van der Waals surface area contributed by atoms with Gasteiger partial charge < -0.3 is 4.42 Å². The minimum Gasteiger partial charge on any atom is -0.461 e. The molecular formula is C12H10Cl2OS. The van der Waals surface area contributed by atoms with E-state index in [1.165, 1.54) is 0 Å². The van der Waals surface area contributed by atoms with Crippen molar-refractivity contribution in [3.63, 3.8) is 0 Å². The molecule has 0 saturated heterocycles. The third-order valence-corrected chi connectivity index (χ3v) is 3.76. The number of halogens is 2. The number of aryl methyl sites for hydroxylation is 1. The highest BCUT2D eigenvalue weighted by Gasteiger charge is 2.11. The average molecular weight is 273 g/mol. The summed E-state index contributed by atoms with van der Waals surface area (Å²) in [5.41, 5.74) is 0.831. The van der Waals surface area contributed by atoms with Gasteiger partial charge in [0.05, 0.1) is 10.0 Å². The van der Waals surface area contributed by atoms with Crippen molar-refractivity contribution in [1.29, 1.82) is 0 Å². The molecule has 0 atom stereocenters. The van der Waals surface area contributed by atoms with Crippen molar-refractivity contribution in [2.24, 2.45) is 0 Å². The molecule has 2 aromatic rings. The normalized spacial score (nSPS) is 10.8. The molecule has 0 spiro atoms. The van der Waals surface area contributed by atoms with E-state index in [0.717, 1.165) is 22.0 Å². The lowest BCUT2D eigenvalue weighted by Gasteiger charge is -2.06. The molecule has 0 fully saturated rings. The van der Waals surface area contributed by atoms with Gasteiger partial charge in [0.25, 0.3) is 0 Å². The van der Waals surface area contributed by atoms with Crippen LogP contribution in [0.25, 0.3) is 11.3 Å². The SMILES string of the molecule is CSc1cc(Cl)c(-c2ccc(C)o2)cc1Cl. The molecule has 0 aliphatic heterocycles. The Morgan fingerprint density at radius 2 is 1.88 bits per heavy atom. The van der Waals surface area contributed by atoms with Gasteiger partial charge >= 0.3 is 0 Å². The summed E-state index contributed by atoms with van der Waals surface area (Å²) in [5.74, 6) is 1.60. The molecule has 0 N–H and O–H groups in total. The zero-order valence-corrected chi connectivity index (χ0v) is 11.2. The molecule has 1 aromatic carbocycles. The second kappa shape index (κ2) is 4.74. The van der Waals surface area contributed by atoms with Crippen molar-refractivity contribution < 1.29 is 4.42 Å². The Morgan fingerprint density at radius 1 is 1.12 bits per heavy atom. The van der Waals surface area contributed by atoms with Crippen LogP contribution in [-0.4, -0.2) is 6.26 Å². The minimum absolute atomic E-state index is 0.656. The van der Waals surface area contributed by atoms with Gasteiger partial charge in [-0.2, -0.15) is 0 Å². The predicted molar refractivity (Wildman–Crippen MR) is 70.7 cm³/mol. The zero-order valence-electron chi connectivity index (χ0n) is 8.88. The Morgan fingerprint density at radius 3 is 2.44 bits per heavy atom. The Balaban J connectivity index is 2.54. The second-order valence-corrected chi connectivity index (χ2v) is 5.04. The molecule has 1 nitrogen and oxygen atoms in total. The molecule has 1 aromatic heterocycles. The third kappa shape index (κ3) is 2.24. The average Bonchev–Trinajstić information content (AvgIpc) is 2.67. The first kappa shape index (κ1) is 11.9. The molecule has 0 aliphatic rings. The van der Waals surface area contributed by atoms with E-state index in [2.05, 4.69) is 0 Å². The predicted octanol–water partition coefficient (Wildman–Crippen LogP) is 5.28. The van der Waals surface area contributed by atoms with Gasteiger partial charge in [-0.3, -0.25) is 0 Å². The first-order chi connectivity index (χ1) is 7.61. The van der Waals surface area contributed by atoms with Crippen LogP contribution in [0.5, 0.6) is 0 Å². The first-order valence-corrected chi connectivity index (χ1v) is 6.69. The van der Waals surface area contributed by atoms with Crippen LogP contribution >= 0.6 is 35.0 Å². The van der Waals surface area contributed by atoms with Crippen LogP contribution in [-0.2, 0) is 0 Å². The number of rotatable bonds is 2. The lowest BCUT2D eigenvalue weighted by Crippen LogP contribution is -1.80. The van der Waals surface area contributed by atoms with Crippen molar-refractivity contribution in [3.05, 3.63) is 40.1 Å². The van der Waals surface area contributed by atoms with E-state index in [4.69, 9.17) is 27.6 Å². The van der Waals surface area contributed by atoms with Crippen molar-refractivity contribution >= 4 is 35.0 Å². The minimum atomic E-state index is 0.656. The Labute approximate surface area is 109 Å². The number of thioether (sulfide) groups is 1. The van der Waals surface area contributed by atoms with E-state index < -0.39 is 0 Å². The summed E-state index contributed by atoms with van der Waals surface area (Å²) in [6.07, 6.45) is 1.97. The standard InChI is InChI=1S/C12H10Cl2OS/c1-7-3-4-11(15-7)8-5-10(14)12(16-2)6-9(8)13/h3-6H,1-2H3. The maximum atomic E-state index is 6.19. The summed E-state index contributed by atoms with van der Waals surface area (Å²) in [5, 5.41) is 1.35. The van der Waals surface area contributed by atoms with Gasteiger partial charge in [-0.15, -0.1) is 11.8 Å². The van der Waals surface area contributed by atoms with E-state index in [1.54, 1.807) is 11.8 Å². The Bertz CT molecular complexity index is 520. The zero-order chi connectivity index (χ0) is 11.7. The fourth-order valence-corrected chi connectivity index (χ4v) is 2.66. The summed E-state index contributed by atoms with van der Waals surface area (Å²) >= 11 is 13.9. The van der Waals surface area contributed by atoms with Crippen molar-refractivity contribution in [1.82, 2.24) is 0 Å². The molecule has 4 heteroatoms. The number of benzene rings is 1. The van der Waals surface area contributed by atoms with E-state index >= 15 is 0 Å². The summed E-state index contributed by atoms with van der Waals surface area (Å²) in [6, 6.07) is 7.50. The molecule has 0 unspecified atom stereocenters. The molecule has 0 radical (unpaired) electrons. The largest absolute Gasteiger partial charge is 0.461 e. The molecule has 0 amide bonds. The third-order valence-electron chi connectivity index (χ3n) is 2.25. The van der Waals surface area contributed by atoms with Crippen LogP contribution in [0.15, 0.2) is 33.6 Å². The van der Waals surface area contributed by atoms with E-state index in [9.17, 15) is 0 Å². The van der Waals surface area contributed by atoms with E-state index in [-0.39, 0.29) is 0 Å². The van der Waals surface area contributed by atoms with Crippen molar-refractivity contribution in [3.8, 4) is 11.3 Å². The highest BCUT2D eigenvalue weighted by Crippen LogP contribution is 2.36. The first-order valence-electron chi connectivity index (χ1n) is 4.71. The molecular weight excluding hydrogens is 263 g/mol. The van der Waals surface area contributed by atoms with Crippen LogP contribution in [0.1, 0.15) is 5.76 Å². The monoisotopic (exact) mass is 272 g/mol. The lowest BCUT2D eigenvalue weighted by atomic mass is 10.2. The van der Waals surface area contributed by atoms with E-state index in [0.29, 0.717) is 10.0 Å². The summed E-state index contributed by atoms with van der Waals surface area (Å²) in [7, 11) is 0. The van der Waals surface area contributed by atoms with Crippen molar-refractivity contribution in [2.45, 2.75) is 11.8 Å². The molecule has 0 saturated carbocycles. The van der Waals surface area contributed by atoms with Gasteiger partial charge in [0, 0.05) is 10.5 Å². The fraction of sp³-hybridized carbons (Fsp3) is 0.167. The Kier molecular flexibility index (Phi) is 3.53.